The minimum atomic E-state index is -0.413. The number of halogens is 1. The molecule has 0 aliphatic carbocycles. The Kier molecular flexibility index (Phi) is 3.94. The molecule has 0 saturated heterocycles. The summed E-state index contributed by atoms with van der Waals surface area (Å²) in [7, 11) is 0. The maximum Gasteiger partial charge on any atom is 0.338 e. The van der Waals surface area contributed by atoms with Crippen molar-refractivity contribution in [3.05, 3.63) is 58.2 Å². The van der Waals surface area contributed by atoms with E-state index in [1.165, 1.54) is 12.3 Å². The van der Waals surface area contributed by atoms with Gasteiger partial charge in [0.15, 0.2) is 0 Å². The van der Waals surface area contributed by atoms with E-state index < -0.39 is 5.97 Å². The molecule has 2 aromatic rings. The van der Waals surface area contributed by atoms with Crippen molar-refractivity contribution in [1.82, 2.24) is 4.98 Å². The highest BCUT2D eigenvalue weighted by molar-refractivity contribution is 9.10. The van der Waals surface area contributed by atoms with E-state index in [1.54, 1.807) is 6.07 Å². The van der Waals surface area contributed by atoms with E-state index in [2.05, 4.69) is 20.9 Å². The van der Waals surface area contributed by atoms with Gasteiger partial charge in [0.25, 0.3) is 0 Å². The molecule has 0 atom stereocenters. The molecule has 0 fully saturated rings. The first-order valence-electron chi connectivity index (χ1n) is 5.28. The Hall–Kier alpha value is -1.88. The second-order valence-corrected chi connectivity index (χ2v) is 4.59. The first-order chi connectivity index (χ1) is 8.65. The SMILES string of the molecule is Nc1cc(C(=O)OCc2cccc(Br)c2)ccn1. The first kappa shape index (κ1) is 12.6. The zero-order valence-corrected chi connectivity index (χ0v) is 11.1. The van der Waals surface area contributed by atoms with Crippen molar-refractivity contribution >= 4 is 27.7 Å². The Morgan fingerprint density at radius 2 is 2.17 bits per heavy atom. The molecule has 1 aromatic carbocycles. The van der Waals surface area contributed by atoms with E-state index in [1.807, 2.05) is 24.3 Å². The summed E-state index contributed by atoms with van der Waals surface area (Å²) in [6.45, 7) is 0.223. The van der Waals surface area contributed by atoms with Gasteiger partial charge in [-0.05, 0) is 29.8 Å². The smallest absolute Gasteiger partial charge is 0.338 e. The van der Waals surface area contributed by atoms with Crippen LogP contribution in [0.15, 0.2) is 47.1 Å². The van der Waals surface area contributed by atoms with Gasteiger partial charge in [-0.3, -0.25) is 0 Å². The quantitative estimate of drug-likeness (QED) is 0.886. The third kappa shape index (κ3) is 3.30. The number of rotatable bonds is 3. The number of benzene rings is 1. The van der Waals surface area contributed by atoms with Crippen LogP contribution in [-0.4, -0.2) is 11.0 Å². The average molecular weight is 307 g/mol. The van der Waals surface area contributed by atoms with Gasteiger partial charge in [0.1, 0.15) is 12.4 Å². The maximum absolute atomic E-state index is 11.7. The lowest BCUT2D eigenvalue weighted by molar-refractivity contribution is 0.0472. The number of aromatic nitrogens is 1. The molecule has 0 saturated carbocycles. The molecule has 2 N–H and O–H groups in total. The number of pyridine rings is 1. The highest BCUT2D eigenvalue weighted by Gasteiger charge is 2.07. The number of hydrogen-bond donors (Lipinski definition) is 1. The fourth-order valence-corrected chi connectivity index (χ4v) is 1.88. The van der Waals surface area contributed by atoms with E-state index in [-0.39, 0.29) is 6.61 Å². The molecule has 4 nitrogen and oxygen atoms in total. The summed E-state index contributed by atoms with van der Waals surface area (Å²) in [4.78, 5) is 15.6. The molecule has 92 valence electrons. The molecule has 2 rings (SSSR count). The summed E-state index contributed by atoms with van der Waals surface area (Å²) >= 11 is 3.36. The van der Waals surface area contributed by atoms with E-state index in [0.29, 0.717) is 11.4 Å². The summed E-state index contributed by atoms with van der Waals surface area (Å²) in [5.41, 5.74) is 6.82. The van der Waals surface area contributed by atoms with Crippen LogP contribution in [0.4, 0.5) is 5.82 Å². The van der Waals surface area contributed by atoms with Crippen LogP contribution in [-0.2, 0) is 11.3 Å². The van der Waals surface area contributed by atoms with Gasteiger partial charge in [-0.25, -0.2) is 9.78 Å². The number of carbonyl (C=O) groups excluding carboxylic acids is 1. The lowest BCUT2D eigenvalue weighted by Gasteiger charge is -2.05. The molecule has 1 heterocycles. The van der Waals surface area contributed by atoms with Crippen molar-refractivity contribution in [3.63, 3.8) is 0 Å². The molecule has 0 spiro atoms. The van der Waals surface area contributed by atoms with Crippen LogP contribution in [0.5, 0.6) is 0 Å². The van der Waals surface area contributed by atoms with Gasteiger partial charge in [-0.1, -0.05) is 28.1 Å². The van der Waals surface area contributed by atoms with Crippen molar-refractivity contribution in [2.75, 3.05) is 5.73 Å². The number of nitrogen functional groups attached to an aromatic ring is 1. The minimum absolute atomic E-state index is 0.223. The van der Waals surface area contributed by atoms with Crippen molar-refractivity contribution < 1.29 is 9.53 Å². The monoisotopic (exact) mass is 306 g/mol. The van der Waals surface area contributed by atoms with E-state index in [4.69, 9.17) is 10.5 Å². The van der Waals surface area contributed by atoms with Crippen LogP contribution >= 0.6 is 15.9 Å². The fraction of sp³-hybridized carbons (Fsp3) is 0.0769. The molecule has 0 unspecified atom stereocenters. The van der Waals surface area contributed by atoms with Gasteiger partial charge in [0.05, 0.1) is 5.56 Å². The third-order valence-corrected chi connectivity index (χ3v) is 2.77. The number of carbonyl (C=O) groups is 1. The molecule has 18 heavy (non-hydrogen) atoms. The number of nitrogens with two attached hydrogens (primary N) is 1. The zero-order chi connectivity index (χ0) is 13.0. The van der Waals surface area contributed by atoms with E-state index in [0.717, 1.165) is 10.0 Å². The highest BCUT2D eigenvalue weighted by atomic mass is 79.9. The molecule has 0 amide bonds. The lowest BCUT2D eigenvalue weighted by Crippen LogP contribution is -2.06. The number of ether oxygens (including phenoxy) is 1. The van der Waals surface area contributed by atoms with Crippen LogP contribution in [0.3, 0.4) is 0 Å². The van der Waals surface area contributed by atoms with Crippen molar-refractivity contribution in [2.24, 2.45) is 0 Å². The molecular weight excluding hydrogens is 296 g/mol. The van der Waals surface area contributed by atoms with Gasteiger partial charge in [0.2, 0.25) is 0 Å². The van der Waals surface area contributed by atoms with Crippen molar-refractivity contribution in [1.29, 1.82) is 0 Å². The summed E-state index contributed by atoms with van der Waals surface area (Å²) < 4.78 is 6.13. The summed E-state index contributed by atoms with van der Waals surface area (Å²) in [5, 5.41) is 0. The average Bonchev–Trinajstić information content (AvgIpc) is 2.36. The second kappa shape index (κ2) is 5.64. The summed E-state index contributed by atoms with van der Waals surface area (Å²) in [6, 6.07) is 10.6. The molecular formula is C13H11BrN2O2. The summed E-state index contributed by atoms with van der Waals surface area (Å²) in [5.74, 6) is -0.115. The lowest BCUT2D eigenvalue weighted by atomic mass is 10.2. The molecule has 0 bridgehead atoms. The Bertz CT molecular complexity index is 572. The van der Waals surface area contributed by atoms with Crippen LogP contribution in [0, 0.1) is 0 Å². The Morgan fingerprint density at radius 3 is 2.89 bits per heavy atom. The van der Waals surface area contributed by atoms with Gasteiger partial charge in [0, 0.05) is 10.7 Å². The fourth-order valence-electron chi connectivity index (χ4n) is 1.43. The standard InChI is InChI=1S/C13H11BrN2O2/c14-11-3-1-2-9(6-11)8-18-13(17)10-4-5-16-12(15)7-10/h1-7H,8H2,(H2,15,16). The zero-order valence-electron chi connectivity index (χ0n) is 9.47. The first-order valence-corrected chi connectivity index (χ1v) is 6.07. The molecule has 0 aliphatic rings. The predicted octanol–water partition coefficient (Wildman–Crippen LogP) is 2.78. The molecule has 0 aliphatic heterocycles. The van der Waals surface area contributed by atoms with Crippen LogP contribution in [0.2, 0.25) is 0 Å². The Balaban J connectivity index is 2.00. The molecule has 0 radical (unpaired) electrons. The third-order valence-electron chi connectivity index (χ3n) is 2.28. The number of nitrogens with zero attached hydrogens (tertiary/aromatic N) is 1. The van der Waals surface area contributed by atoms with Gasteiger partial charge in [-0.2, -0.15) is 0 Å². The predicted molar refractivity (Wildman–Crippen MR) is 71.9 cm³/mol. The number of hydrogen-bond acceptors (Lipinski definition) is 4. The van der Waals surface area contributed by atoms with Crippen LogP contribution in [0.1, 0.15) is 15.9 Å². The van der Waals surface area contributed by atoms with Gasteiger partial charge >= 0.3 is 5.97 Å². The number of esters is 1. The maximum atomic E-state index is 11.7. The van der Waals surface area contributed by atoms with E-state index in [9.17, 15) is 4.79 Å². The normalized spacial score (nSPS) is 10.1. The minimum Gasteiger partial charge on any atom is -0.457 e. The Morgan fingerprint density at radius 1 is 1.33 bits per heavy atom. The van der Waals surface area contributed by atoms with E-state index >= 15 is 0 Å². The second-order valence-electron chi connectivity index (χ2n) is 3.68. The van der Waals surface area contributed by atoms with Crippen LogP contribution < -0.4 is 5.73 Å². The largest absolute Gasteiger partial charge is 0.457 e. The van der Waals surface area contributed by atoms with Crippen molar-refractivity contribution in [3.8, 4) is 0 Å². The summed E-state index contributed by atoms with van der Waals surface area (Å²) in [6.07, 6.45) is 1.48. The van der Waals surface area contributed by atoms with Gasteiger partial charge < -0.3 is 10.5 Å². The Labute approximate surface area is 113 Å². The van der Waals surface area contributed by atoms with Gasteiger partial charge in [-0.15, -0.1) is 0 Å². The topological polar surface area (TPSA) is 65.2 Å². The molecule has 5 heteroatoms. The van der Waals surface area contributed by atoms with Crippen LogP contribution in [0.25, 0.3) is 0 Å². The molecule has 1 aromatic heterocycles. The highest BCUT2D eigenvalue weighted by Crippen LogP contribution is 2.13. The van der Waals surface area contributed by atoms with Crippen molar-refractivity contribution in [2.45, 2.75) is 6.61 Å². The number of anilines is 1.